The van der Waals surface area contributed by atoms with Gasteiger partial charge >= 0.3 is 6.18 Å². The van der Waals surface area contributed by atoms with Crippen LogP contribution in [-0.2, 0) is 12.7 Å². The molecule has 3 unspecified atom stereocenters. The fraction of sp³-hybridized carbons (Fsp3) is 0.409. The summed E-state index contributed by atoms with van der Waals surface area (Å²) in [6.45, 7) is 2.09. The van der Waals surface area contributed by atoms with Crippen LogP contribution in [0.4, 0.5) is 23.4 Å². The Labute approximate surface area is 171 Å². The van der Waals surface area contributed by atoms with Gasteiger partial charge in [0.15, 0.2) is 0 Å². The van der Waals surface area contributed by atoms with Crippen LogP contribution < -0.4 is 10.2 Å². The first-order chi connectivity index (χ1) is 14.4. The average Bonchev–Trinajstić information content (AvgIpc) is 3.39. The Hall–Kier alpha value is -2.61. The first kappa shape index (κ1) is 19.4. The Morgan fingerprint density at radius 2 is 1.97 bits per heavy atom. The van der Waals surface area contributed by atoms with Crippen LogP contribution in [0.25, 0.3) is 10.9 Å². The molecule has 158 valence electrons. The number of H-pyrrole nitrogens is 1. The standard InChI is InChI=1S/C22H22F4N4/c23-15-5-7-18-14(8-15)9-16(28-18)10-27-19-6-4-13-11-30(12-17(13)19)21-3-1-2-20(29-21)22(24,25)26/h1-3,5,7-9,13,17,19,27-28H,4,6,10-12H2. The predicted octanol–water partition coefficient (Wildman–Crippen LogP) is 4.73. The number of hydrogen-bond acceptors (Lipinski definition) is 3. The molecule has 1 aliphatic heterocycles. The van der Waals surface area contributed by atoms with E-state index in [2.05, 4.69) is 15.3 Å². The fourth-order valence-electron chi connectivity index (χ4n) is 4.96. The number of nitrogens with zero attached hydrogens (tertiary/aromatic N) is 2. The molecule has 0 spiro atoms. The molecule has 1 aromatic carbocycles. The maximum absolute atomic E-state index is 13.4. The maximum atomic E-state index is 13.4. The molecule has 2 fully saturated rings. The highest BCUT2D eigenvalue weighted by molar-refractivity contribution is 5.80. The van der Waals surface area contributed by atoms with Crippen molar-refractivity contribution >= 4 is 16.7 Å². The molecule has 1 saturated carbocycles. The zero-order valence-electron chi connectivity index (χ0n) is 16.2. The van der Waals surface area contributed by atoms with Crippen molar-refractivity contribution in [2.75, 3.05) is 18.0 Å². The van der Waals surface area contributed by atoms with Gasteiger partial charge in [-0.1, -0.05) is 6.07 Å². The minimum absolute atomic E-state index is 0.256. The summed E-state index contributed by atoms with van der Waals surface area (Å²) < 4.78 is 52.4. The van der Waals surface area contributed by atoms with Crippen LogP contribution in [0.3, 0.4) is 0 Å². The zero-order chi connectivity index (χ0) is 20.9. The fourth-order valence-corrected chi connectivity index (χ4v) is 4.96. The first-order valence-corrected chi connectivity index (χ1v) is 10.2. The second-order valence-corrected chi connectivity index (χ2v) is 8.30. The number of benzene rings is 1. The molecular formula is C22H22F4N4. The Morgan fingerprint density at radius 1 is 1.10 bits per heavy atom. The number of aromatic amines is 1. The van der Waals surface area contributed by atoms with Gasteiger partial charge in [0, 0.05) is 42.3 Å². The minimum Gasteiger partial charge on any atom is -0.357 e. The van der Waals surface area contributed by atoms with Crippen molar-refractivity contribution in [2.45, 2.75) is 31.6 Å². The molecule has 2 aliphatic rings. The van der Waals surface area contributed by atoms with Crippen molar-refractivity contribution in [3.63, 3.8) is 0 Å². The quantitative estimate of drug-likeness (QED) is 0.603. The molecule has 2 N–H and O–H groups in total. The van der Waals surface area contributed by atoms with Crippen LogP contribution in [0, 0.1) is 17.7 Å². The largest absolute Gasteiger partial charge is 0.433 e. The number of pyridine rings is 1. The van der Waals surface area contributed by atoms with Gasteiger partial charge in [0.25, 0.3) is 0 Å². The van der Waals surface area contributed by atoms with Crippen molar-refractivity contribution in [1.29, 1.82) is 0 Å². The second-order valence-electron chi connectivity index (χ2n) is 8.30. The molecule has 5 rings (SSSR count). The second kappa shape index (κ2) is 7.27. The summed E-state index contributed by atoms with van der Waals surface area (Å²) in [6.07, 6.45) is -2.33. The predicted molar refractivity (Wildman–Crippen MR) is 107 cm³/mol. The summed E-state index contributed by atoms with van der Waals surface area (Å²) in [5.74, 6) is 0.975. The van der Waals surface area contributed by atoms with Crippen LogP contribution >= 0.6 is 0 Å². The third kappa shape index (κ3) is 3.64. The number of anilines is 1. The van der Waals surface area contributed by atoms with Crippen molar-refractivity contribution in [1.82, 2.24) is 15.3 Å². The van der Waals surface area contributed by atoms with Crippen molar-refractivity contribution in [3.8, 4) is 0 Å². The number of nitrogens with one attached hydrogen (secondary N) is 2. The molecule has 4 nitrogen and oxygen atoms in total. The molecule has 30 heavy (non-hydrogen) atoms. The lowest BCUT2D eigenvalue weighted by atomic mass is 9.98. The van der Waals surface area contributed by atoms with E-state index in [0.29, 0.717) is 36.8 Å². The Balaban J connectivity index is 1.25. The SMILES string of the molecule is Fc1ccc2[nH]c(CNC3CCC4CN(c5cccc(C(F)(F)F)n5)CC43)cc2c1. The number of fused-ring (bicyclic) bond motifs is 2. The Bertz CT molecular complexity index is 1060. The average molecular weight is 418 g/mol. The van der Waals surface area contributed by atoms with Gasteiger partial charge in [-0.3, -0.25) is 0 Å². The molecule has 0 radical (unpaired) electrons. The molecule has 3 aromatic rings. The highest BCUT2D eigenvalue weighted by atomic mass is 19.4. The number of rotatable bonds is 4. The number of alkyl halides is 3. The topological polar surface area (TPSA) is 44.0 Å². The van der Waals surface area contributed by atoms with E-state index in [4.69, 9.17) is 0 Å². The lowest BCUT2D eigenvalue weighted by Crippen LogP contribution is -2.35. The maximum Gasteiger partial charge on any atom is 0.433 e. The third-order valence-corrected chi connectivity index (χ3v) is 6.40. The molecule has 0 bridgehead atoms. The van der Waals surface area contributed by atoms with Crippen molar-refractivity contribution in [3.05, 3.63) is 59.7 Å². The molecule has 1 aliphatic carbocycles. The normalized spacial score (nSPS) is 24.0. The zero-order valence-corrected chi connectivity index (χ0v) is 16.2. The van der Waals surface area contributed by atoms with E-state index in [-0.39, 0.29) is 5.82 Å². The summed E-state index contributed by atoms with van der Waals surface area (Å²) >= 11 is 0. The van der Waals surface area contributed by atoms with Gasteiger partial charge in [0.2, 0.25) is 0 Å². The number of hydrogen-bond donors (Lipinski definition) is 2. The molecule has 0 amide bonds. The first-order valence-electron chi connectivity index (χ1n) is 10.2. The van der Waals surface area contributed by atoms with E-state index in [9.17, 15) is 17.6 Å². The molecule has 1 saturated heterocycles. The van der Waals surface area contributed by atoms with Gasteiger partial charge in [-0.15, -0.1) is 0 Å². The van der Waals surface area contributed by atoms with Gasteiger partial charge in [-0.2, -0.15) is 13.2 Å². The molecule has 3 atom stereocenters. The highest BCUT2D eigenvalue weighted by Crippen LogP contribution is 2.40. The van der Waals surface area contributed by atoms with E-state index in [1.807, 2.05) is 11.0 Å². The third-order valence-electron chi connectivity index (χ3n) is 6.40. The van der Waals surface area contributed by atoms with Gasteiger partial charge in [-0.05, 0) is 61.1 Å². The highest BCUT2D eigenvalue weighted by Gasteiger charge is 2.43. The minimum atomic E-state index is -4.43. The van der Waals surface area contributed by atoms with E-state index < -0.39 is 11.9 Å². The van der Waals surface area contributed by atoms with E-state index >= 15 is 0 Å². The van der Waals surface area contributed by atoms with Crippen LogP contribution in [0.2, 0.25) is 0 Å². The van der Waals surface area contributed by atoms with Gasteiger partial charge in [-0.25, -0.2) is 9.37 Å². The summed E-state index contributed by atoms with van der Waals surface area (Å²) in [5, 5.41) is 4.45. The number of halogens is 4. The van der Waals surface area contributed by atoms with Gasteiger partial charge in [0.05, 0.1) is 0 Å². The van der Waals surface area contributed by atoms with Crippen molar-refractivity contribution in [2.24, 2.45) is 11.8 Å². The lowest BCUT2D eigenvalue weighted by Gasteiger charge is -2.23. The smallest absolute Gasteiger partial charge is 0.357 e. The van der Waals surface area contributed by atoms with Gasteiger partial charge < -0.3 is 15.2 Å². The van der Waals surface area contributed by atoms with E-state index in [0.717, 1.165) is 42.0 Å². The molecule has 8 heteroatoms. The number of aromatic nitrogens is 2. The molecular weight excluding hydrogens is 396 g/mol. The summed E-state index contributed by atoms with van der Waals surface area (Å²) in [6, 6.07) is 11.0. The monoisotopic (exact) mass is 418 g/mol. The Kier molecular flexibility index (Phi) is 4.69. The van der Waals surface area contributed by atoms with Gasteiger partial charge in [0.1, 0.15) is 17.3 Å². The molecule has 3 heterocycles. The van der Waals surface area contributed by atoms with Crippen LogP contribution in [0.15, 0.2) is 42.5 Å². The molecule has 2 aromatic heterocycles. The summed E-state index contributed by atoms with van der Waals surface area (Å²) in [5.41, 5.74) is 1.05. The van der Waals surface area contributed by atoms with Crippen LogP contribution in [0.5, 0.6) is 0 Å². The van der Waals surface area contributed by atoms with E-state index in [1.54, 1.807) is 12.1 Å². The van der Waals surface area contributed by atoms with E-state index in [1.165, 1.54) is 18.2 Å². The van der Waals surface area contributed by atoms with Crippen molar-refractivity contribution < 1.29 is 17.6 Å². The van der Waals surface area contributed by atoms with Crippen LogP contribution in [-0.4, -0.2) is 29.1 Å². The lowest BCUT2D eigenvalue weighted by molar-refractivity contribution is -0.141. The summed E-state index contributed by atoms with van der Waals surface area (Å²) in [7, 11) is 0. The van der Waals surface area contributed by atoms with Crippen LogP contribution in [0.1, 0.15) is 24.2 Å². The Morgan fingerprint density at radius 3 is 2.80 bits per heavy atom. The summed E-state index contributed by atoms with van der Waals surface area (Å²) in [4.78, 5) is 9.13.